The maximum Gasteiger partial charge on any atom is 0.317 e. The van der Waals surface area contributed by atoms with Crippen LogP contribution in [0.15, 0.2) is 30.3 Å². The first-order chi connectivity index (χ1) is 9.22. The smallest absolute Gasteiger partial charge is 0.317 e. The van der Waals surface area contributed by atoms with Gasteiger partial charge in [0.25, 0.3) is 0 Å². The minimum atomic E-state index is -0.0845. The van der Waals surface area contributed by atoms with E-state index >= 15 is 0 Å². The van der Waals surface area contributed by atoms with E-state index in [9.17, 15) is 4.79 Å². The number of amides is 2. The number of rotatable bonds is 6. The van der Waals surface area contributed by atoms with Crippen LogP contribution in [0.5, 0.6) is 0 Å². The SMILES string of the molecule is CCN(CCO)C(=O)NCC1(c2ccccc2)CC1. The summed E-state index contributed by atoms with van der Waals surface area (Å²) in [4.78, 5) is 13.6. The maximum atomic E-state index is 12.0. The number of urea groups is 1. The highest BCUT2D eigenvalue weighted by atomic mass is 16.3. The Kier molecular flexibility index (Phi) is 4.43. The molecule has 0 radical (unpaired) electrons. The van der Waals surface area contributed by atoms with Crippen LogP contribution in [0.3, 0.4) is 0 Å². The van der Waals surface area contributed by atoms with Crippen LogP contribution in [-0.4, -0.2) is 42.3 Å². The fourth-order valence-electron chi connectivity index (χ4n) is 2.39. The standard InChI is InChI=1S/C15H22N2O2/c1-2-17(10-11-18)14(19)16-12-15(8-9-15)13-6-4-3-5-7-13/h3-7,18H,2,8-12H2,1H3,(H,16,19). The summed E-state index contributed by atoms with van der Waals surface area (Å²) in [5, 5.41) is 11.9. The highest BCUT2D eigenvalue weighted by molar-refractivity contribution is 5.74. The lowest BCUT2D eigenvalue weighted by molar-refractivity contribution is 0.179. The summed E-state index contributed by atoms with van der Waals surface area (Å²) in [7, 11) is 0. The van der Waals surface area contributed by atoms with Gasteiger partial charge in [0.05, 0.1) is 6.61 Å². The summed E-state index contributed by atoms with van der Waals surface area (Å²) in [5.74, 6) is 0. The number of nitrogens with zero attached hydrogens (tertiary/aromatic N) is 1. The number of hydrogen-bond donors (Lipinski definition) is 2. The fourth-order valence-corrected chi connectivity index (χ4v) is 2.39. The number of hydrogen-bond acceptors (Lipinski definition) is 2. The minimum absolute atomic E-state index is 0.00505. The molecular weight excluding hydrogens is 240 g/mol. The number of aliphatic hydroxyl groups excluding tert-OH is 1. The van der Waals surface area contributed by atoms with Crippen LogP contribution < -0.4 is 5.32 Å². The number of carbonyl (C=O) groups is 1. The number of benzene rings is 1. The van der Waals surface area contributed by atoms with Crippen molar-refractivity contribution in [2.75, 3.05) is 26.2 Å². The molecule has 1 aliphatic rings. The zero-order valence-electron chi connectivity index (χ0n) is 11.4. The molecule has 0 aliphatic heterocycles. The topological polar surface area (TPSA) is 52.6 Å². The van der Waals surface area contributed by atoms with Gasteiger partial charge in [-0.2, -0.15) is 0 Å². The molecule has 0 bridgehead atoms. The van der Waals surface area contributed by atoms with Crippen LogP contribution >= 0.6 is 0 Å². The van der Waals surface area contributed by atoms with Crippen molar-refractivity contribution in [2.45, 2.75) is 25.2 Å². The maximum absolute atomic E-state index is 12.0. The minimum Gasteiger partial charge on any atom is -0.395 e. The van der Waals surface area contributed by atoms with Crippen molar-refractivity contribution in [1.29, 1.82) is 0 Å². The molecule has 2 N–H and O–H groups in total. The van der Waals surface area contributed by atoms with Crippen LogP contribution in [0.25, 0.3) is 0 Å². The Hall–Kier alpha value is -1.55. The summed E-state index contributed by atoms with van der Waals surface area (Å²) in [5.41, 5.74) is 1.44. The van der Waals surface area contributed by atoms with E-state index in [2.05, 4.69) is 17.4 Å². The monoisotopic (exact) mass is 262 g/mol. The molecule has 1 aromatic carbocycles. The van der Waals surface area contributed by atoms with E-state index in [-0.39, 0.29) is 18.1 Å². The lowest BCUT2D eigenvalue weighted by Crippen LogP contribution is -2.44. The van der Waals surface area contributed by atoms with Crippen LogP contribution in [0.1, 0.15) is 25.3 Å². The molecule has 0 aromatic heterocycles. The van der Waals surface area contributed by atoms with Gasteiger partial charge in [-0.25, -0.2) is 4.79 Å². The zero-order chi connectivity index (χ0) is 13.7. The normalized spacial score (nSPS) is 15.9. The molecule has 1 aliphatic carbocycles. The van der Waals surface area contributed by atoms with Gasteiger partial charge in [0.15, 0.2) is 0 Å². The summed E-state index contributed by atoms with van der Waals surface area (Å²) in [6.07, 6.45) is 2.26. The average molecular weight is 262 g/mol. The first-order valence-electron chi connectivity index (χ1n) is 6.91. The third kappa shape index (κ3) is 3.26. The molecule has 1 fully saturated rings. The van der Waals surface area contributed by atoms with Crippen molar-refractivity contribution < 1.29 is 9.90 Å². The van der Waals surface area contributed by atoms with Crippen molar-refractivity contribution in [3.63, 3.8) is 0 Å². The van der Waals surface area contributed by atoms with Crippen molar-refractivity contribution in [3.05, 3.63) is 35.9 Å². The Morgan fingerprint density at radius 1 is 1.37 bits per heavy atom. The number of nitrogens with one attached hydrogen (secondary N) is 1. The van der Waals surface area contributed by atoms with Gasteiger partial charge in [0.2, 0.25) is 0 Å². The van der Waals surface area contributed by atoms with Gasteiger partial charge in [-0.3, -0.25) is 0 Å². The molecule has 1 aromatic rings. The Morgan fingerprint density at radius 2 is 2.05 bits per heavy atom. The molecule has 4 heteroatoms. The van der Waals surface area contributed by atoms with Gasteiger partial charge in [0, 0.05) is 25.0 Å². The molecule has 0 atom stereocenters. The van der Waals surface area contributed by atoms with Crippen molar-refractivity contribution in [1.82, 2.24) is 10.2 Å². The van der Waals surface area contributed by atoms with E-state index in [0.29, 0.717) is 19.6 Å². The summed E-state index contributed by atoms with van der Waals surface area (Å²) >= 11 is 0. The highest BCUT2D eigenvalue weighted by Crippen LogP contribution is 2.47. The molecule has 1 saturated carbocycles. The second-order valence-corrected chi connectivity index (χ2v) is 5.11. The molecule has 0 unspecified atom stereocenters. The molecule has 2 amide bonds. The van der Waals surface area contributed by atoms with Gasteiger partial charge < -0.3 is 15.3 Å². The predicted octanol–water partition coefficient (Wildman–Crippen LogP) is 1.74. The summed E-state index contributed by atoms with van der Waals surface area (Å²) in [6.45, 7) is 3.60. The molecule has 104 valence electrons. The Balaban J connectivity index is 1.90. The molecule has 4 nitrogen and oxygen atoms in total. The lowest BCUT2D eigenvalue weighted by Gasteiger charge is -2.23. The fraction of sp³-hybridized carbons (Fsp3) is 0.533. The van der Waals surface area contributed by atoms with Crippen molar-refractivity contribution in [2.24, 2.45) is 0 Å². The van der Waals surface area contributed by atoms with Gasteiger partial charge >= 0.3 is 6.03 Å². The Morgan fingerprint density at radius 3 is 2.58 bits per heavy atom. The second-order valence-electron chi connectivity index (χ2n) is 5.11. The summed E-state index contributed by atoms with van der Waals surface area (Å²) in [6, 6.07) is 10.3. The van der Waals surface area contributed by atoms with E-state index in [4.69, 9.17) is 5.11 Å². The van der Waals surface area contributed by atoms with E-state index < -0.39 is 0 Å². The first-order valence-corrected chi connectivity index (χ1v) is 6.91. The van der Waals surface area contributed by atoms with Gasteiger partial charge in [-0.05, 0) is 25.3 Å². The van der Waals surface area contributed by atoms with E-state index in [0.717, 1.165) is 12.8 Å². The van der Waals surface area contributed by atoms with E-state index in [1.54, 1.807) is 4.90 Å². The van der Waals surface area contributed by atoms with E-state index in [1.807, 2.05) is 25.1 Å². The van der Waals surface area contributed by atoms with Crippen molar-refractivity contribution >= 4 is 6.03 Å². The number of likely N-dealkylation sites (N-methyl/N-ethyl adjacent to an activating group) is 1. The molecular formula is C15H22N2O2. The molecule has 0 heterocycles. The quantitative estimate of drug-likeness (QED) is 0.820. The van der Waals surface area contributed by atoms with Gasteiger partial charge in [0.1, 0.15) is 0 Å². The van der Waals surface area contributed by atoms with Crippen molar-refractivity contribution in [3.8, 4) is 0 Å². The predicted molar refractivity (Wildman–Crippen MR) is 75.1 cm³/mol. The first kappa shape index (κ1) is 13.9. The largest absolute Gasteiger partial charge is 0.395 e. The third-order valence-electron chi connectivity index (χ3n) is 3.86. The Labute approximate surface area is 114 Å². The molecule has 19 heavy (non-hydrogen) atoms. The third-order valence-corrected chi connectivity index (χ3v) is 3.86. The van der Waals surface area contributed by atoms with E-state index in [1.165, 1.54) is 5.56 Å². The highest BCUT2D eigenvalue weighted by Gasteiger charge is 2.44. The lowest BCUT2D eigenvalue weighted by atomic mass is 9.96. The molecule has 0 saturated heterocycles. The summed E-state index contributed by atoms with van der Waals surface area (Å²) < 4.78 is 0. The molecule has 0 spiro atoms. The van der Waals surface area contributed by atoms with Gasteiger partial charge in [-0.15, -0.1) is 0 Å². The van der Waals surface area contributed by atoms with Crippen LogP contribution in [0.2, 0.25) is 0 Å². The molecule has 2 rings (SSSR count). The average Bonchev–Trinajstić information content (AvgIpc) is 3.24. The second kappa shape index (κ2) is 6.06. The van der Waals surface area contributed by atoms with Crippen LogP contribution in [-0.2, 0) is 5.41 Å². The van der Waals surface area contributed by atoms with Crippen LogP contribution in [0, 0.1) is 0 Å². The number of aliphatic hydroxyl groups is 1. The van der Waals surface area contributed by atoms with Gasteiger partial charge in [-0.1, -0.05) is 30.3 Å². The van der Waals surface area contributed by atoms with Crippen LogP contribution in [0.4, 0.5) is 4.79 Å². The zero-order valence-corrected chi connectivity index (χ0v) is 11.4. The Bertz CT molecular complexity index is 415. The number of carbonyl (C=O) groups excluding carboxylic acids is 1.